The van der Waals surface area contributed by atoms with Gasteiger partial charge >= 0.3 is 0 Å². The fraction of sp³-hybridized carbons (Fsp3) is 0.357. The number of carbonyl (C=O) groups excluding carboxylic acids is 1. The number of hydrogen-bond donors (Lipinski definition) is 2. The van der Waals surface area contributed by atoms with Crippen molar-refractivity contribution in [2.75, 3.05) is 0 Å². The van der Waals surface area contributed by atoms with E-state index in [1.807, 2.05) is 30.3 Å². The van der Waals surface area contributed by atoms with Crippen molar-refractivity contribution in [2.24, 2.45) is 5.73 Å². The Morgan fingerprint density at radius 1 is 1.35 bits per heavy atom. The van der Waals surface area contributed by atoms with Crippen LogP contribution in [0.25, 0.3) is 11.5 Å². The van der Waals surface area contributed by atoms with E-state index in [0.717, 1.165) is 5.56 Å². The van der Waals surface area contributed by atoms with Crippen LogP contribution in [0.1, 0.15) is 32.1 Å². The lowest BCUT2D eigenvalue weighted by Crippen LogP contribution is -2.32. The maximum absolute atomic E-state index is 11.6. The molecule has 0 saturated carbocycles. The van der Waals surface area contributed by atoms with Gasteiger partial charge in [-0.1, -0.05) is 23.4 Å². The molecule has 0 bridgehead atoms. The summed E-state index contributed by atoms with van der Waals surface area (Å²) >= 11 is 0. The highest BCUT2D eigenvalue weighted by atomic mass is 16.5. The van der Waals surface area contributed by atoms with Crippen LogP contribution < -0.4 is 11.1 Å². The SMILES string of the molecule is CC(N)CC(=O)NC(C)c1noc(-c2ccccc2)n1. The monoisotopic (exact) mass is 274 g/mol. The molecule has 0 fully saturated rings. The number of aromatic nitrogens is 2. The van der Waals surface area contributed by atoms with Gasteiger partial charge in [-0.05, 0) is 26.0 Å². The van der Waals surface area contributed by atoms with E-state index >= 15 is 0 Å². The van der Waals surface area contributed by atoms with Gasteiger partial charge in [0, 0.05) is 18.0 Å². The van der Waals surface area contributed by atoms with Crippen LogP contribution >= 0.6 is 0 Å². The number of nitrogens with two attached hydrogens (primary N) is 1. The summed E-state index contributed by atoms with van der Waals surface area (Å²) in [7, 11) is 0. The van der Waals surface area contributed by atoms with E-state index in [1.54, 1.807) is 13.8 Å². The van der Waals surface area contributed by atoms with E-state index in [4.69, 9.17) is 10.3 Å². The molecule has 1 aromatic carbocycles. The molecule has 2 rings (SSSR count). The van der Waals surface area contributed by atoms with Gasteiger partial charge in [-0.2, -0.15) is 4.98 Å². The summed E-state index contributed by atoms with van der Waals surface area (Å²) in [4.78, 5) is 15.9. The largest absolute Gasteiger partial charge is 0.346 e. The van der Waals surface area contributed by atoms with Gasteiger partial charge < -0.3 is 15.6 Å². The normalized spacial score (nSPS) is 13.8. The number of nitrogens with one attached hydrogen (secondary N) is 1. The van der Waals surface area contributed by atoms with Gasteiger partial charge in [-0.3, -0.25) is 4.79 Å². The second-order valence-corrected chi connectivity index (χ2v) is 4.79. The van der Waals surface area contributed by atoms with Gasteiger partial charge in [-0.15, -0.1) is 0 Å². The summed E-state index contributed by atoms with van der Waals surface area (Å²) < 4.78 is 5.20. The Bertz CT molecular complexity index is 566. The van der Waals surface area contributed by atoms with E-state index < -0.39 is 0 Å². The first-order valence-corrected chi connectivity index (χ1v) is 6.50. The molecule has 0 aliphatic heterocycles. The summed E-state index contributed by atoms with van der Waals surface area (Å²) in [5, 5.41) is 6.68. The summed E-state index contributed by atoms with van der Waals surface area (Å²) in [6.45, 7) is 3.59. The van der Waals surface area contributed by atoms with E-state index in [1.165, 1.54) is 0 Å². The third-order valence-electron chi connectivity index (χ3n) is 2.73. The second-order valence-electron chi connectivity index (χ2n) is 4.79. The van der Waals surface area contributed by atoms with Crippen LogP contribution in [0.15, 0.2) is 34.9 Å². The van der Waals surface area contributed by atoms with Gasteiger partial charge in [0.25, 0.3) is 5.89 Å². The molecule has 0 radical (unpaired) electrons. The minimum Gasteiger partial charge on any atom is -0.346 e. The van der Waals surface area contributed by atoms with Crippen molar-refractivity contribution >= 4 is 5.91 Å². The Labute approximate surface area is 117 Å². The van der Waals surface area contributed by atoms with Crippen molar-refractivity contribution < 1.29 is 9.32 Å². The van der Waals surface area contributed by atoms with E-state index in [-0.39, 0.29) is 24.4 Å². The van der Waals surface area contributed by atoms with Crippen LogP contribution in [-0.2, 0) is 4.79 Å². The smallest absolute Gasteiger partial charge is 0.257 e. The van der Waals surface area contributed by atoms with Crippen LogP contribution in [0.5, 0.6) is 0 Å². The Hall–Kier alpha value is -2.21. The van der Waals surface area contributed by atoms with Crippen LogP contribution in [0.2, 0.25) is 0 Å². The molecule has 0 aliphatic carbocycles. The molecule has 3 N–H and O–H groups in total. The van der Waals surface area contributed by atoms with Crippen molar-refractivity contribution in [3.63, 3.8) is 0 Å². The molecule has 2 aromatic rings. The minimum absolute atomic E-state index is 0.126. The van der Waals surface area contributed by atoms with Crippen molar-refractivity contribution in [2.45, 2.75) is 32.4 Å². The molecular weight excluding hydrogens is 256 g/mol. The molecule has 2 unspecified atom stereocenters. The lowest BCUT2D eigenvalue weighted by atomic mass is 10.2. The summed E-state index contributed by atoms with van der Waals surface area (Å²) in [6, 6.07) is 8.99. The highest BCUT2D eigenvalue weighted by Gasteiger charge is 2.17. The number of benzene rings is 1. The predicted molar refractivity (Wildman–Crippen MR) is 74.6 cm³/mol. The topological polar surface area (TPSA) is 94.0 Å². The Morgan fingerprint density at radius 3 is 2.70 bits per heavy atom. The van der Waals surface area contributed by atoms with E-state index in [9.17, 15) is 4.79 Å². The highest BCUT2D eigenvalue weighted by Crippen LogP contribution is 2.18. The zero-order chi connectivity index (χ0) is 14.5. The fourth-order valence-electron chi connectivity index (χ4n) is 1.77. The molecule has 0 saturated heterocycles. The average molecular weight is 274 g/mol. The lowest BCUT2D eigenvalue weighted by molar-refractivity contribution is -0.122. The maximum Gasteiger partial charge on any atom is 0.257 e. The number of hydrogen-bond acceptors (Lipinski definition) is 5. The number of carbonyl (C=O) groups is 1. The first-order chi connectivity index (χ1) is 9.56. The van der Waals surface area contributed by atoms with Crippen LogP contribution in [0.4, 0.5) is 0 Å². The summed E-state index contributed by atoms with van der Waals surface area (Å²) in [5.41, 5.74) is 6.42. The fourth-order valence-corrected chi connectivity index (χ4v) is 1.77. The molecule has 6 nitrogen and oxygen atoms in total. The zero-order valence-electron chi connectivity index (χ0n) is 11.5. The third-order valence-corrected chi connectivity index (χ3v) is 2.73. The van der Waals surface area contributed by atoms with Crippen molar-refractivity contribution in [1.82, 2.24) is 15.5 Å². The molecule has 6 heteroatoms. The molecular formula is C14H18N4O2. The van der Waals surface area contributed by atoms with Crippen LogP contribution in [0, 0.1) is 0 Å². The highest BCUT2D eigenvalue weighted by molar-refractivity contribution is 5.76. The molecule has 0 spiro atoms. The maximum atomic E-state index is 11.6. The molecule has 20 heavy (non-hydrogen) atoms. The molecule has 1 aromatic heterocycles. The average Bonchev–Trinajstić information content (AvgIpc) is 2.88. The minimum atomic E-state index is -0.317. The molecule has 1 amide bonds. The first-order valence-electron chi connectivity index (χ1n) is 6.50. The zero-order valence-corrected chi connectivity index (χ0v) is 11.5. The van der Waals surface area contributed by atoms with Crippen molar-refractivity contribution in [1.29, 1.82) is 0 Å². The van der Waals surface area contributed by atoms with Crippen molar-refractivity contribution in [3.8, 4) is 11.5 Å². The molecule has 2 atom stereocenters. The molecule has 106 valence electrons. The summed E-state index contributed by atoms with van der Waals surface area (Å²) in [5.74, 6) is 0.759. The second kappa shape index (κ2) is 6.29. The van der Waals surface area contributed by atoms with Gasteiger partial charge in [0.15, 0.2) is 5.82 Å². The Balaban J connectivity index is 2.03. The van der Waals surface area contributed by atoms with E-state index in [2.05, 4.69) is 15.5 Å². The van der Waals surface area contributed by atoms with E-state index in [0.29, 0.717) is 11.7 Å². The molecule has 1 heterocycles. The number of nitrogens with zero attached hydrogens (tertiary/aromatic N) is 2. The lowest BCUT2D eigenvalue weighted by Gasteiger charge is -2.11. The first kappa shape index (κ1) is 14.2. The Kier molecular flexibility index (Phi) is 4.47. The predicted octanol–water partition coefficient (Wildman–Crippen LogP) is 1.65. The van der Waals surface area contributed by atoms with Crippen LogP contribution in [0.3, 0.4) is 0 Å². The van der Waals surface area contributed by atoms with Crippen LogP contribution in [-0.4, -0.2) is 22.1 Å². The standard InChI is InChI=1S/C14H18N4O2/c1-9(15)8-12(19)16-10(2)13-17-14(20-18-13)11-6-4-3-5-7-11/h3-7,9-10H,8,15H2,1-2H3,(H,16,19). The summed E-state index contributed by atoms with van der Waals surface area (Å²) in [6.07, 6.45) is 0.272. The molecule has 0 aliphatic rings. The number of rotatable bonds is 5. The van der Waals surface area contributed by atoms with Gasteiger partial charge in [0.2, 0.25) is 5.91 Å². The number of amides is 1. The quantitative estimate of drug-likeness (QED) is 0.864. The Morgan fingerprint density at radius 2 is 2.05 bits per heavy atom. The van der Waals surface area contributed by atoms with Gasteiger partial charge in [0.1, 0.15) is 0 Å². The third kappa shape index (κ3) is 3.64. The van der Waals surface area contributed by atoms with Gasteiger partial charge in [0.05, 0.1) is 6.04 Å². The van der Waals surface area contributed by atoms with Gasteiger partial charge in [-0.25, -0.2) is 0 Å². The van der Waals surface area contributed by atoms with Crippen molar-refractivity contribution in [3.05, 3.63) is 36.2 Å².